The molecule has 3 aromatic rings. The van der Waals surface area contributed by atoms with Crippen LogP contribution in [0.5, 0.6) is 0 Å². The Labute approximate surface area is 168 Å². The fourth-order valence-corrected chi connectivity index (χ4v) is 5.09. The molecule has 3 aromatic carbocycles. The average molecular weight is 366 g/mol. The molecule has 1 heterocycles. The van der Waals surface area contributed by atoms with Crippen LogP contribution in [-0.2, 0) is 0 Å². The summed E-state index contributed by atoms with van der Waals surface area (Å²) in [6, 6.07) is 29.3. The number of benzene rings is 3. The maximum atomic E-state index is 2.61. The molecule has 140 valence electrons. The van der Waals surface area contributed by atoms with E-state index in [4.69, 9.17) is 0 Å². The van der Waals surface area contributed by atoms with Crippen molar-refractivity contribution < 1.29 is 0 Å². The first kappa shape index (κ1) is 17.3. The van der Waals surface area contributed by atoms with Gasteiger partial charge in [0.25, 0.3) is 0 Å². The van der Waals surface area contributed by atoms with Crippen molar-refractivity contribution in [2.24, 2.45) is 0 Å². The summed E-state index contributed by atoms with van der Waals surface area (Å²) >= 11 is 0. The van der Waals surface area contributed by atoms with E-state index in [9.17, 15) is 0 Å². The summed E-state index contributed by atoms with van der Waals surface area (Å²) in [7, 11) is 0. The Hall–Kier alpha value is -2.80. The largest absolute Gasteiger partial charge is 0.338 e. The second kappa shape index (κ2) is 7.31. The number of para-hydroxylation sites is 1. The van der Waals surface area contributed by atoms with Gasteiger partial charge in [-0.25, -0.2) is 0 Å². The standard InChI is InChI=1S/C27H27N/c1-20(22-10-4-2-5-11-22)18-21-16-17-27-25(19-21)24-14-8-9-15-26(24)28(27)23-12-6-3-7-13-23/h2-7,10-13,16-19,24,26H,8-9,14-15H2,1H3. The number of allylic oxidation sites excluding steroid dienone is 1. The Kier molecular flexibility index (Phi) is 4.52. The maximum absolute atomic E-state index is 2.61. The van der Waals surface area contributed by atoms with Crippen LogP contribution in [-0.4, -0.2) is 6.04 Å². The van der Waals surface area contributed by atoms with E-state index in [1.807, 2.05) is 0 Å². The van der Waals surface area contributed by atoms with Crippen molar-refractivity contribution in [3.05, 3.63) is 95.6 Å². The van der Waals surface area contributed by atoms with Gasteiger partial charge < -0.3 is 4.90 Å². The molecule has 0 amide bonds. The van der Waals surface area contributed by atoms with Crippen molar-refractivity contribution >= 4 is 23.0 Å². The van der Waals surface area contributed by atoms with Gasteiger partial charge in [-0.1, -0.05) is 73.5 Å². The lowest BCUT2D eigenvalue weighted by atomic mass is 9.82. The van der Waals surface area contributed by atoms with Crippen molar-refractivity contribution in [2.75, 3.05) is 4.90 Å². The summed E-state index contributed by atoms with van der Waals surface area (Å²) in [6.07, 6.45) is 7.64. The number of fused-ring (bicyclic) bond motifs is 3. The molecule has 28 heavy (non-hydrogen) atoms. The van der Waals surface area contributed by atoms with Gasteiger partial charge in [0, 0.05) is 23.3 Å². The van der Waals surface area contributed by atoms with E-state index in [2.05, 4.69) is 96.8 Å². The van der Waals surface area contributed by atoms with E-state index in [0.717, 1.165) is 0 Å². The van der Waals surface area contributed by atoms with Crippen LogP contribution in [0.3, 0.4) is 0 Å². The van der Waals surface area contributed by atoms with Crippen LogP contribution in [0.4, 0.5) is 11.4 Å². The predicted molar refractivity (Wildman–Crippen MR) is 120 cm³/mol. The second-order valence-corrected chi connectivity index (χ2v) is 8.18. The van der Waals surface area contributed by atoms with Crippen LogP contribution in [0.25, 0.3) is 11.6 Å². The van der Waals surface area contributed by atoms with Crippen LogP contribution in [0.1, 0.15) is 55.2 Å². The summed E-state index contributed by atoms with van der Waals surface area (Å²) in [5, 5.41) is 0. The van der Waals surface area contributed by atoms with Gasteiger partial charge in [0.2, 0.25) is 0 Å². The summed E-state index contributed by atoms with van der Waals surface area (Å²) in [5.74, 6) is 0.661. The normalized spacial score (nSPS) is 21.3. The molecule has 1 saturated carbocycles. The minimum absolute atomic E-state index is 0.612. The third kappa shape index (κ3) is 3.05. The molecule has 1 nitrogen and oxygen atoms in total. The van der Waals surface area contributed by atoms with E-state index in [0.29, 0.717) is 12.0 Å². The topological polar surface area (TPSA) is 3.24 Å². The van der Waals surface area contributed by atoms with E-state index in [1.165, 1.54) is 53.8 Å². The van der Waals surface area contributed by atoms with Crippen molar-refractivity contribution in [3.63, 3.8) is 0 Å². The number of rotatable bonds is 3. The van der Waals surface area contributed by atoms with Crippen molar-refractivity contribution in [3.8, 4) is 0 Å². The summed E-state index contributed by atoms with van der Waals surface area (Å²) in [5.41, 5.74) is 8.23. The highest BCUT2D eigenvalue weighted by Crippen LogP contribution is 2.51. The Morgan fingerprint density at radius 2 is 1.57 bits per heavy atom. The lowest BCUT2D eigenvalue weighted by Crippen LogP contribution is -2.32. The first-order valence-corrected chi connectivity index (χ1v) is 10.5. The summed E-state index contributed by atoms with van der Waals surface area (Å²) < 4.78 is 0. The van der Waals surface area contributed by atoms with Gasteiger partial charge in [0.1, 0.15) is 0 Å². The monoisotopic (exact) mass is 365 g/mol. The van der Waals surface area contributed by atoms with Gasteiger partial charge in [-0.3, -0.25) is 0 Å². The maximum Gasteiger partial charge on any atom is 0.0450 e. The van der Waals surface area contributed by atoms with Crippen LogP contribution < -0.4 is 4.90 Å². The van der Waals surface area contributed by atoms with Gasteiger partial charge >= 0.3 is 0 Å². The molecule has 0 N–H and O–H groups in total. The Morgan fingerprint density at radius 1 is 0.857 bits per heavy atom. The first-order valence-electron chi connectivity index (χ1n) is 10.5. The van der Waals surface area contributed by atoms with Gasteiger partial charge in [-0.2, -0.15) is 0 Å². The van der Waals surface area contributed by atoms with Gasteiger partial charge in [-0.15, -0.1) is 0 Å². The SMILES string of the molecule is CC(=Cc1ccc2c(c1)C1CCCCC1N2c1ccccc1)c1ccccc1. The number of nitrogens with zero attached hydrogens (tertiary/aromatic N) is 1. The van der Waals surface area contributed by atoms with Crippen molar-refractivity contribution in [1.82, 2.24) is 0 Å². The van der Waals surface area contributed by atoms with E-state index >= 15 is 0 Å². The zero-order valence-corrected chi connectivity index (χ0v) is 16.5. The molecule has 1 aliphatic carbocycles. The van der Waals surface area contributed by atoms with Gasteiger partial charge in [0.05, 0.1) is 0 Å². The lowest BCUT2D eigenvalue weighted by Gasteiger charge is -2.33. The van der Waals surface area contributed by atoms with Crippen LogP contribution in [0.15, 0.2) is 78.9 Å². The predicted octanol–water partition coefficient (Wildman–Crippen LogP) is 7.43. The Balaban J connectivity index is 1.55. The zero-order valence-electron chi connectivity index (χ0n) is 16.5. The molecule has 0 saturated heterocycles. The lowest BCUT2D eigenvalue weighted by molar-refractivity contribution is 0.402. The molecule has 5 rings (SSSR count). The molecule has 0 radical (unpaired) electrons. The fourth-order valence-electron chi connectivity index (χ4n) is 5.09. The molecule has 1 fully saturated rings. The van der Waals surface area contributed by atoms with Gasteiger partial charge in [0.15, 0.2) is 0 Å². The molecule has 2 atom stereocenters. The number of hydrogen-bond acceptors (Lipinski definition) is 1. The average Bonchev–Trinajstić information content (AvgIpc) is 3.09. The zero-order chi connectivity index (χ0) is 18.9. The first-order chi connectivity index (χ1) is 13.8. The summed E-state index contributed by atoms with van der Waals surface area (Å²) in [6.45, 7) is 2.21. The highest BCUT2D eigenvalue weighted by atomic mass is 15.2. The quantitative estimate of drug-likeness (QED) is 0.436. The number of hydrogen-bond donors (Lipinski definition) is 0. The van der Waals surface area contributed by atoms with E-state index in [1.54, 1.807) is 5.56 Å². The second-order valence-electron chi connectivity index (χ2n) is 8.18. The Morgan fingerprint density at radius 3 is 2.36 bits per heavy atom. The van der Waals surface area contributed by atoms with Crippen LogP contribution in [0, 0.1) is 0 Å². The van der Waals surface area contributed by atoms with Crippen LogP contribution >= 0.6 is 0 Å². The summed E-state index contributed by atoms with van der Waals surface area (Å²) in [4.78, 5) is 2.61. The molecular formula is C27H27N. The molecule has 2 unspecified atom stereocenters. The van der Waals surface area contributed by atoms with E-state index < -0.39 is 0 Å². The molecule has 0 aromatic heterocycles. The van der Waals surface area contributed by atoms with Crippen molar-refractivity contribution in [1.29, 1.82) is 0 Å². The fraction of sp³-hybridized carbons (Fsp3) is 0.259. The molecular weight excluding hydrogens is 338 g/mol. The van der Waals surface area contributed by atoms with E-state index in [-0.39, 0.29) is 0 Å². The van der Waals surface area contributed by atoms with Crippen LogP contribution in [0.2, 0.25) is 0 Å². The Bertz CT molecular complexity index is 987. The molecule has 1 aliphatic heterocycles. The highest BCUT2D eigenvalue weighted by Gasteiger charge is 2.40. The smallest absolute Gasteiger partial charge is 0.0450 e. The minimum atomic E-state index is 0.612. The third-order valence-corrected chi connectivity index (χ3v) is 6.42. The number of anilines is 2. The van der Waals surface area contributed by atoms with Gasteiger partial charge in [-0.05, 0) is 66.3 Å². The molecule has 2 aliphatic rings. The minimum Gasteiger partial charge on any atom is -0.338 e. The third-order valence-electron chi connectivity index (χ3n) is 6.42. The van der Waals surface area contributed by atoms with Crippen molar-refractivity contribution in [2.45, 2.75) is 44.6 Å². The molecule has 0 spiro atoms. The highest BCUT2D eigenvalue weighted by molar-refractivity contribution is 5.82. The molecule has 1 heteroatoms. The molecule has 0 bridgehead atoms.